The van der Waals surface area contributed by atoms with Gasteiger partial charge in [-0.3, -0.25) is 0 Å². The highest BCUT2D eigenvalue weighted by atomic mass is 35.5. The summed E-state index contributed by atoms with van der Waals surface area (Å²) >= 11 is 5.76. The largest absolute Gasteiger partial charge is 0.380 e. The molecule has 0 atom stereocenters. The lowest BCUT2D eigenvalue weighted by Crippen LogP contribution is -2.10. The normalized spacial score (nSPS) is 10.0. The van der Waals surface area contributed by atoms with Gasteiger partial charge >= 0.3 is 0 Å². The quantitative estimate of drug-likeness (QED) is 0.735. The summed E-state index contributed by atoms with van der Waals surface area (Å²) in [6.07, 6.45) is 3.14. The lowest BCUT2D eigenvalue weighted by Gasteiger charge is -2.05. The molecule has 4 nitrogen and oxygen atoms in total. The molecule has 1 rings (SSSR count). The van der Waals surface area contributed by atoms with Crippen LogP contribution in [-0.4, -0.2) is 29.7 Å². The van der Waals surface area contributed by atoms with E-state index in [1.165, 1.54) is 0 Å². The van der Waals surface area contributed by atoms with Crippen LogP contribution in [0.25, 0.3) is 0 Å². The highest BCUT2D eigenvalue weighted by Crippen LogP contribution is 2.13. The zero-order valence-electron chi connectivity index (χ0n) is 7.46. The molecule has 0 bridgehead atoms. The Morgan fingerprint density at radius 3 is 2.92 bits per heavy atom. The maximum absolute atomic E-state index is 5.76. The van der Waals surface area contributed by atoms with Gasteiger partial charge in [-0.05, 0) is 6.92 Å². The van der Waals surface area contributed by atoms with Crippen LogP contribution in [0.5, 0.6) is 0 Å². The number of nitrogens with one attached hydrogen (secondary N) is 1. The van der Waals surface area contributed by atoms with E-state index in [2.05, 4.69) is 15.3 Å². The van der Waals surface area contributed by atoms with Gasteiger partial charge in [-0.15, -0.1) is 0 Å². The Kier molecular flexibility index (Phi) is 4.49. The van der Waals surface area contributed by atoms with Gasteiger partial charge in [0.2, 0.25) is 0 Å². The van der Waals surface area contributed by atoms with Gasteiger partial charge in [0, 0.05) is 25.5 Å². The Bertz CT molecular complexity index is 257. The second-order valence-electron chi connectivity index (χ2n) is 2.32. The molecule has 1 aromatic rings. The predicted octanol–water partition coefficient (Wildman–Crippen LogP) is 1.58. The van der Waals surface area contributed by atoms with E-state index in [-0.39, 0.29) is 0 Å². The van der Waals surface area contributed by atoms with Crippen molar-refractivity contribution in [3.63, 3.8) is 0 Å². The Hall–Kier alpha value is -0.870. The smallest absolute Gasteiger partial charge is 0.171 e. The minimum absolute atomic E-state index is 0.388. The summed E-state index contributed by atoms with van der Waals surface area (Å²) in [5.41, 5.74) is 0. The molecular weight excluding hydrogens is 190 g/mol. The molecule has 0 aromatic carbocycles. The van der Waals surface area contributed by atoms with Gasteiger partial charge in [-0.1, -0.05) is 11.6 Å². The summed E-state index contributed by atoms with van der Waals surface area (Å²) in [6.45, 7) is 4.00. The van der Waals surface area contributed by atoms with Crippen LogP contribution in [0.2, 0.25) is 5.15 Å². The first kappa shape index (κ1) is 10.2. The molecule has 0 spiro atoms. The zero-order chi connectivity index (χ0) is 9.52. The van der Waals surface area contributed by atoms with Crippen molar-refractivity contribution in [2.45, 2.75) is 6.92 Å². The second-order valence-corrected chi connectivity index (χ2v) is 2.68. The van der Waals surface area contributed by atoms with Crippen LogP contribution in [0.3, 0.4) is 0 Å². The molecule has 0 aliphatic rings. The maximum atomic E-state index is 5.76. The van der Waals surface area contributed by atoms with Gasteiger partial charge in [0.15, 0.2) is 11.0 Å². The van der Waals surface area contributed by atoms with E-state index in [1.807, 2.05) is 6.92 Å². The van der Waals surface area contributed by atoms with Crippen molar-refractivity contribution < 1.29 is 4.74 Å². The SMILES string of the molecule is CCOCCNc1nccnc1Cl. The minimum atomic E-state index is 0.388. The first-order valence-electron chi connectivity index (χ1n) is 4.12. The van der Waals surface area contributed by atoms with Crippen LogP contribution in [0.4, 0.5) is 5.82 Å². The molecule has 0 aliphatic carbocycles. The van der Waals surface area contributed by atoms with E-state index in [0.717, 1.165) is 6.61 Å². The highest BCUT2D eigenvalue weighted by Gasteiger charge is 1.99. The van der Waals surface area contributed by atoms with Crippen LogP contribution >= 0.6 is 11.6 Å². The average molecular weight is 202 g/mol. The summed E-state index contributed by atoms with van der Waals surface area (Å²) in [4.78, 5) is 7.89. The van der Waals surface area contributed by atoms with E-state index >= 15 is 0 Å². The third kappa shape index (κ3) is 3.57. The first-order chi connectivity index (χ1) is 6.34. The molecular formula is C8H12ClN3O. The molecule has 0 radical (unpaired) electrons. The molecule has 1 heterocycles. The van der Waals surface area contributed by atoms with Crippen LogP contribution in [0, 0.1) is 0 Å². The van der Waals surface area contributed by atoms with E-state index in [0.29, 0.717) is 24.1 Å². The number of aromatic nitrogens is 2. The minimum Gasteiger partial charge on any atom is -0.380 e. The van der Waals surface area contributed by atoms with Crippen molar-refractivity contribution in [3.05, 3.63) is 17.5 Å². The second kappa shape index (κ2) is 5.72. The fourth-order valence-corrected chi connectivity index (χ4v) is 0.998. The number of anilines is 1. The Balaban J connectivity index is 2.32. The Labute approximate surface area is 82.3 Å². The van der Waals surface area contributed by atoms with Gasteiger partial charge in [0.25, 0.3) is 0 Å². The summed E-state index contributed by atoms with van der Waals surface area (Å²) in [7, 11) is 0. The summed E-state index contributed by atoms with van der Waals surface area (Å²) in [6, 6.07) is 0. The summed E-state index contributed by atoms with van der Waals surface area (Å²) in [5.74, 6) is 0.601. The van der Waals surface area contributed by atoms with Gasteiger partial charge < -0.3 is 10.1 Å². The number of hydrogen-bond acceptors (Lipinski definition) is 4. The molecule has 0 amide bonds. The summed E-state index contributed by atoms with van der Waals surface area (Å²) < 4.78 is 5.14. The first-order valence-corrected chi connectivity index (χ1v) is 4.50. The number of ether oxygens (including phenoxy) is 1. The Morgan fingerprint density at radius 2 is 2.23 bits per heavy atom. The van der Waals surface area contributed by atoms with Gasteiger partial charge in [-0.25, -0.2) is 9.97 Å². The van der Waals surface area contributed by atoms with Gasteiger partial charge in [0.05, 0.1) is 6.61 Å². The number of nitrogens with zero attached hydrogens (tertiary/aromatic N) is 2. The van der Waals surface area contributed by atoms with Crippen LogP contribution in [0.1, 0.15) is 6.92 Å². The highest BCUT2D eigenvalue weighted by molar-refractivity contribution is 6.31. The molecule has 72 valence electrons. The molecule has 13 heavy (non-hydrogen) atoms. The third-order valence-corrected chi connectivity index (χ3v) is 1.67. The molecule has 0 fully saturated rings. The third-order valence-electron chi connectivity index (χ3n) is 1.40. The molecule has 1 N–H and O–H groups in total. The maximum Gasteiger partial charge on any atom is 0.171 e. The van der Waals surface area contributed by atoms with Gasteiger partial charge in [-0.2, -0.15) is 0 Å². The zero-order valence-corrected chi connectivity index (χ0v) is 8.21. The van der Waals surface area contributed by atoms with Crippen molar-refractivity contribution in [3.8, 4) is 0 Å². The molecule has 0 saturated carbocycles. The molecule has 1 aromatic heterocycles. The number of hydrogen-bond donors (Lipinski definition) is 1. The van der Waals surface area contributed by atoms with E-state index < -0.39 is 0 Å². The predicted molar refractivity (Wildman–Crippen MR) is 52.0 cm³/mol. The molecule has 0 unspecified atom stereocenters. The van der Waals surface area contributed by atoms with Crippen LogP contribution in [0.15, 0.2) is 12.4 Å². The monoisotopic (exact) mass is 201 g/mol. The molecule has 0 aliphatic heterocycles. The van der Waals surface area contributed by atoms with Crippen molar-refractivity contribution in [1.29, 1.82) is 0 Å². The lowest BCUT2D eigenvalue weighted by atomic mass is 10.6. The molecule has 5 heteroatoms. The average Bonchev–Trinajstić information content (AvgIpc) is 2.15. The fourth-order valence-electron chi connectivity index (χ4n) is 0.826. The van der Waals surface area contributed by atoms with Crippen molar-refractivity contribution in [2.75, 3.05) is 25.1 Å². The fraction of sp³-hybridized carbons (Fsp3) is 0.500. The lowest BCUT2D eigenvalue weighted by molar-refractivity contribution is 0.158. The van der Waals surface area contributed by atoms with Crippen molar-refractivity contribution in [1.82, 2.24) is 9.97 Å². The van der Waals surface area contributed by atoms with E-state index in [1.54, 1.807) is 12.4 Å². The topological polar surface area (TPSA) is 47.0 Å². The van der Waals surface area contributed by atoms with Gasteiger partial charge in [0.1, 0.15) is 0 Å². The number of halogens is 1. The Morgan fingerprint density at radius 1 is 1.46 bits per heavy atom. The van der Waals surface area contributed by atoms with Crippen LogP contribution in [-0.2, 0) is 4.74 Å². The van der Waals surface area contributed by atoms with E-state index in [9.17, 15) is 0 Å². The molecule has 0 saturated heterocycles. The van der Waals surface area contributed by atoms with Crippen molar-refractivity contribution >= 4 is 17.4 Å². The van der Waals surface area contributed by atoms with E-state index in [4.69, 9.17) is 16.3 Å². The van der Waals surface area contributed by atoms with Crippen molar-refractivity contribution in [2.24, 2.45) is 0 Å². The standard InChI is InChI=1S/C8H12ClN3O/c1-2-13-6-5-12-8-7(9)10-3-4-11-8/h3-4H,2,5-6H2,1H3,(H,11,12). The number of rotatable bonds is 5. The van der Waals surface area contributed by atoms with Crippen LogP contribution < -0.4 is 5.32 Å². The summed E-state index contributed by atoms with van der Waals surface area (Å²) in [5, 5.41) is 3.41.